The van der Waals surface area contributed by atoms with Crippen molar-refractivity contribution in [1.82, 2.24) is 5.32 Å². The van der Waals surface area contributed by atoms with Crippen LogP contribution in [0.15, 0.2) is 0 Å². The summed E-state index contributed by atoms with van der Waals surface area (Å²) in [6.07, 6.45) is 0.350. The molecular formula is C7H14N2O3. The summed E-state index contributed by atoms with van der Waals surface area (Å²) in [4.78, 5) is 21.0. The number of aliphatic carboxylic acids is 1. The molecule has 0 rings (SSSR count). The molecule has 0 aliphatic rings. The Hall–Kier alpha value is -1.10. The molecule has 12 heavy (non-hydrogen) atoms. The van der Waals surface area contributed by atoms with Crippen molar-refractivity contribution < 1.29 is 14.7 Å². The Bertz CT molecular complexity index is 170. The van der Waals surface area contributed by atoms with Crippen LogP contribution in [-0.2, 0) is 9.59 Å². The maximum absolute atomic E-state index is 10.8. The fraction of sp³-hybridized carbons (Fsp3) is 0.714. The van der Waals surface area contributed by atoms with Crippen molar-refractivity contribution >= 4 is 11.9 Å². The van der Waals surface area contributed by atoms with Crippen LogP contribution < -0.4 is 11.1 Å². The van der Waals surface area contributed by atoms with Crippen molar-refractivity contribution in [3.05, 3.63) is 0 Å². The van der Waals surface area contributed by atoms with E-state index in [2.05, 4.69) is 5.32 Å². The average Bonchev–Trinajstić information content (AvgIpc) is 2.00. The topological polar surface area (TPSA) is 92.4 Å². The van der Waals surface area contributed by atoms with E-state index in [9.17, 15) is 9.59 Å². The van der Waals surface area contributed by atoms with Crippen LogP contribution in [0, 0.1) is 0 Å². The fourth-order valence-electron chi connectivity index (χ4n) is 0.696. The lowest BCUT2D eigenvalue weighted by atomic mass is 10.1. The third-order valence-electron chi connectivity index (χ3n) is 1.37. The van der Waals surface area contributed by atoms with Crippen LogP contribution in [0.25, 0.3) is 0 Å². The Morgan fingerprint density at radius 1 is 1.58 bits per heavy atom. The van der Waals surface area contributed by atoms with Gasteiger partial charge in [-0.2, -0.15) is 0 Å². The number of hydrogen-bond donors (Lipinski definition) is 3. The Labute approximate surface area is 70.9 Å². The number of carboxylic acid groups (broad SMARTS) is 1. The number of hydrogen-bond acceptors (Lipinski definition) is 3. The quantitative estimate of drug-likeness (QED) is 0.514. The molecular weight excluding hydrogens is 160 g/mol. The molecule has 70 valence electrons. The minimum Gasteiger partial charge on any atom is -0.480 e. The van der Waals surface area contributed by atoms with Crippen molar-refractivity contribution in [2.75, 3.05) is 6.54 Å². The van der Waals surface area contributed by atoms with Gasteiger partial charge in [0, 0.05) is 13.0 Å². The summed E-state index contributed by atoms with van der Waals surface area (Å²) in [7, 11) is 0. The molecule has 0 aromatic rings. The van der Waals surface area contributed by atoms with Gasteiger partial charge in [0.05, 0.1) is 0 Å². The Kier molecular flexibility index (Phi) is 5.03. The normalized spacial score (nSPS) is 12.2. The molecule has 0 spiro atoms. The number of nitrogens with two attached hydrogens (primary N) is 1. The zero-order valence-electron chi connectivity index (χ0n) is 7.04. The van der Waals surface area contributed by atoms with Gasteiger partial charge in [0.2, 0.25) is 5.91 Å². The number of amides is 1. The molecule has 4 N–H and O–H groups in total. The van der Waals surface area contributed by atoms with E-state index in [1.165, 1.54) is 0 Å². The van der Waals surface area contributed by atoms with Gasteiger partial charge in [-0.3, -0.25) is 9.59 Å². The maximum atomic E-state index is 10.8. The van der Waals surface area contributed by atoms with Crippen molar-refractivity contribution in [2.45, 2.75) is 25.8 Å². The molecule has 0 heterocycles. The second-order valence-corrected chi connectivity index (χ2v) is 2.44. The van der Waals surface area contributed by atoms with Crippen LogP contribution in [0.2, 0.25) is 0 Å². The van der Waals surface area contributed by atoms with E-state index in [1.54, 1.807) is 6.92 Å². The van der Waals surface area contributed by atoms with E-state index in [4.69, 9.17) is 10.8 Å². The molecule has 5 heteroatoms. The summed E-state index contributed by atoms with van der Waals surface area (Å²) in [5, 5.41) is 10.9. The Balaban J connectivity index is 3.54. The molecule has 0 aromatic heterocycles. The van der Waals surface area contributed by atoms with E-state index < -0.39 is 12.0 Å². The first kappa shape index (κ1) is 10.9. The van der Waals surface area contributed by atoms with Crippen LogP contribution in [0.5, 0.6) is 0 Å². The van der Waals surface area contributed by atoms with E-state index >= 15 is 0 Å². The van der Waals surface area contributed by atoms with Gasteiger partial charge in [-0.25, -0.2) is 0 Å². The van der Waals surface area contributed by atoms with Gasteiger partial charge in [-0.1, -0.05) is 0 Å². The molecule has 0 radical (unpaired) electrons. The molecule has 0 bridgehead atoms. The summed E-state index contributed by atoms with van der Waals surface area (Å²) in [6, 6.07) is -0.937. The molecule has 0 aromatic carbocycles. The molecule has 1 unspecified atom stereocenters. The third kappa shape index (κ3) is 4.68. The molecule has 0 aliphatic carbocycles. The number of carboxylic acids is 1. The Morgan fingerprint density at radius 2 is 2.17 bits per heavy atom. The zero-order valence-corrected chi connectivity index (χ0v) is 7.04. The molecule has 0 fully saturated rings. The van der Waals surface area contributed by atoms with Crippen LogP contribution in [0.3, 0.4) is 0 Å². The highest BCUT2D eigenvalue weighted by atomic mass is 16.4. The van der Waals surface area contributed by atoms with Gasteiger partial charge in [0.15, 0.2) is 0 Å². The molecule has 0 saturated carbocycles. The van der Waals surface area contributed by atoms with Gasteiger partial charge in [-0.15, -0.1) is 0 Å². The highest BCUT2D eigenvalue weighted by molar-refractivity contribution is 5.78. The molecule has 1 amide bonds. The molecule has 5 nitrogen and oxygen atoms in total. The zero-order chi connectivity index (χ0) is 9.56. The number of rotatable bonds is 5. The summed E-state index contributed by atoms with van der Waals surface area (Å²) in [5.41, 5.74) is 5.18. The average molecular weight is 174 g/mol. The summed E-state index contributed by atoms with van der Waals surface area (Å²) in [6.45, 7) is 2.36. The van der Waals surface area contributed by atoms with Crippen LogP contribution in [0.1, 0.15) is 19.8 Å². The lowest BCUT2D eigenvalue weighted by Gasteiger charge is -2.05. The lowest BCUT2D eigenvalue weighted by molar-refractivity contribution is -0.138. The third-order valence-corrected chi connectivity index (χ3v) is 1.37. The van der Waals surface area contributed by atoms with Gasteiger partial charge in [0.1, 0.15) is 6.04 Å². The van der Waals surface area contributed by atoms with Crippen molar-refractivity contribution in [1.29, 1.82) is 0 Å². The minimum atomic E-state index is -1.07. The van der Waals surface area contributed by atoms with Gasteiger partial charge < -0.3 is 16.2 Å². The van der Waals surface area contributed by atoms with Crippen LogP contribution in [-0.4, -0.2) is 29.6 Å². The highest BCUT2D eigenvalue weighted by Crippen LogP contribution is 1.93. The van der Waals surface area contributed by atoms with Gasteiger partial charge in [-0.05, 0) is 13.3 Å². The molecule has 1 atom stereocenters. The fourth-order valence-corrected chi connectivity index (χ4v) is 0.696. The Morgan fingerprint density at radius 3 is 2.58 bits per heavy atom. The first-order chi connectivity index (χ1) is 5.57. The van der Waals surface area contributed by atoms with E-state index in [0.29, 0.717) is 6.54 Å². The number of nitrogens with one attached hydrogen (secondary N) is 1. The first-order valence-electron chi connectivity index (χ1n) is 3.83. The van der Waals surface area contributed by atoms with Crippen molar-refractivity contribution in [3.63, 3.8) is 0 Å². The number of carbonyl (C=O) groups excluding carboxylic acids is 1. The number of carbonyl (C=O) groups is 2. The summed E-state index contributed by atoms with van der Waals surface area (Å²) < 4.78 is 0. The largest absolute Gasteiger partial charge is 0.480 e. The second kappa shape index (κ2) is 5.54. The van der Waals surface area contributed by atoms with Gasteiger partial charge in [0.25, 0.3) is 0 Å². The highest BCUT2D eigenvalue weighted by Gasteiger charge is 2.12. The van der Waals surface area contributed by atoms with E-state index in [1.807, 2.05) is 0 Å². The lowest BCUT2D eigenvalue weighted by Crippen LogP contribution is -2.32. The smallest absolute Gasteiger partial charge is 0.320 e. The predicted molar refractivity (Wildman–Crippen MR) is 43.5 cm³/mol. The predicted octanol–water partition coefficient (Wildman–Crippen LogP) is -0.685. The van der Waals surface area contributed by atoms with Gasteiger partial charge >= 0.3 is 5.97 Å². The van der Waals surface area contributed by atoms with Crippen LogP contribution in [0.4, 0.5) is 0 Å². The SMILES string of the molecule is CCNC(=O)CCC(N)C(=O)O. The second-order valence-electron chi connectivity index (χ2n) is 2.44. The van der Waals surface area contributed by atoms with Crippen LogP contribution >= 0.6 is 0 Å². The van der Waals surface area contributed by atoms with Crippen molar-refractivity contribution in [3.8, 4) is 0 Å². The monoisotopic (exact) mass is 174 g/mol. The first-order valence-corrected chi connectivity index (χ1v) is 3.83. The van der Waals surface area contributed by atoms with E-state index in [-0.39, 0.29) is 18.7 Å². The summed E-state index contributed by atoms with van der Waals surface area (Å²) in [5.74, 6) is -1.23. The standard InChI is InChI=1S/C7H14N2O3/c1-2-9-6(10)4-3-5(8)7(11)12/h5H,2-4,8H2,1H3,(H,9,10)(H,11,12). The maximum Gasteiger partial charge on any atom is 0.320 e. The minimum absolute atomic E-state index is 0.158. The van der Waals surface area contributed by atoms with Crippen molar-refractivity contribution in [2.24, 2.45) is 5.73 Å². The molecule has 0 aliphatic heterocycles. The summed E-state index contributed by atoms with van der Waals surface area (Å²) >= 11 is 0. The molecule has 0 saturated heterocycles. The van der Waals surface area contributed by atoms with E-state index in [0.717, 1.165) is 0 Å².